The summed E-state index contributed by atoms with van der Waals surface area (Å²) >= 11 is 0. The Morgan fingerprint density at radius 1 is 1.16 bits per heavy atom. The van der Waals surface area contributed by atoms with Crippen LogP contribution in [0.5, 0.6) is 5.75 Å². The molecule has 1 aliphatic rings. The first-order valence-electron chi connectivity index (χ1n) is 10.4. The predicted molar refractivity (Wildman–Crippen MR) is 124 cm³/mol. The summed E-state index contributed by atoms with van der Waals surface area (Å²) in [5.74, 6) is 0.0515. The van der Waals surface area contributed by atoms with Crippen molar-refractivity contribution in [2.75, 3.05) is 17.1 Å². The molecule has 2 atom stereocenters. The molecule has 7 heteroatoms. The molecule has 1 aliphatic heterocycles. The molecule has 0 aromatic heterocycles. The molecule has 0 bridgehead atoms. The molecular weight excluding hydrogens is 412 g/mol. The zero-order valence-electron chi connectivity index (χ0n) is 19.3. The second-order valence-electron chi connectivity index (χ2n) is 9.42. The molecule has 168 valence electrons. The monoisotopic (exact) mass is 444 g/mol. The molecule has 0 spiro atoms. The summed E-state index contributed by atoms with van der Waals surface area (Å²) in [5, 5.41) is 2.98. The fourth-order valence-electron chi connectivity index (χ4n) is 3.86. The van der Waals surface area contributed by atoms with Crippen LogP contribution in [0, 0.1) is 13.8 Å². The van der Waals surface area contributed by atoms with Gasteiger partial charge in [0, 0.05) is 0 Å². The maximum Gasteiger partial charge on any atom is 0.263 e. The summed E-state index contributed by atoms with van der Waals surface area (Å²) < 4.78 is 32.3. The molecule has 0 unspecified atom stereocenters. The molecule has 2 aromatic rings. The Bertz CT molecular complexity index is 1100. The van der Waals surface area contributed by atoms with E-state index in [1.54, 1.807) is 6.07 Å². The number of fused-ring (bicyclic) bond motifs is 1. The molecule has 0 radical (unpaired) electrons. The van der Waals surface area contributed by atoms with E-state index in [0.29, 0.717) is 11.4 Å². The maximum absolute atomic E-state index is 13.0. The quantitative estimate of drug-likeness (QED) is 0.773. The highest BCUT2D eigenvalue weighted by molar-refractivity contribution is 7.92. The molecular formula is C24H32N2O4S. The molecule has 1 N–H and O–H groups in total. The SMILES string of the molecule is Cc1ccc([C@@H](C)NC(=O)[C@H]2CN(S(C)(=O)=O)c3cc(C(C)(C)C)ccc3O2)c(C)c1. The molecule has 0 fully saturated rings. The number of sulfonamides is 1. The predicted octanol–water partition coefficient (Wildman–Crippen LogP) is 4.01. The molecule has 3 rings (SSSR count). The van der Waals surface area contributed by atoms with E-state index >= 15 is 0 Å². The van der Waals surface area contributed by atoms with E-state index < -0.39 is 16.1 Å². The second-order valence-corrected chi connectivity index (χ2v) is 11.3. The lowest BCUT2D eigenvalue weighted by molar-refractivity contribution is -0.128. The smallest absolute Gasteiger partial charge is 0.263 e. The molecule has 1 heterocycles. The summed E-state index contributed by atoms with van der Waals surface area (Å²) in [6, 6.07) is 11.4. The van der Waals surface area contributed by atoms with Crippen LogP contribution in [-0.2, 0) is 20.2 Å². The summed E-state index contributed by atoms with van der Waals surface area (Å²) in [5.41, 5.74) is 4.59. The second kappa shape index (κ2) is 8.19. The number of carbonyl (C=O) groups excluding carboxylic acids is 1. The van der Waals surface area contributed by atoms with Gasteiger partial charge in [0.2, 0.25) is 10.0 Å². The number of rotatable bonds is 4. The first kappa shape index (κ1) is 23.1. The van der Waals surface area contributed by atoms with Gasteiger partial charge in [-0.3, -0.25) is 9.10 Å². The van der Waals surface area contributed by atoms with Crippen LogP contribution in [0.25, 0.3) is 0 Å². The number of ether oxygens (including phenoxy) is 1. The Kier molecular flexibility index (Phi) is 6.11. The Labute approximate surface area is 185 Å². The van der Waals surface area contributed by atoms with Crippen LogP contribution < -0.4 is 14.4 Å². The number of amides is 1. The van der Waals surface area contributed by atoms with Gasteiger partial charge in [-0.15, -0.1) is 0 Å². The van der Waals surface area contributed by atoms with Crippen LogP contribution in [0.15, 0.2) is 36.4 Å². The Hall–Kier alpha value is -2.54. The van der Waals surface area contributed by atoms with Crippen molar-refractivity contribution in [1.29, 1.82) is 0 Å². The first-order valence-corrected chi connectivity index (χ1v) is 12.3. The van der Waals surface area contributed by atoms with Gasteiger partial charge in [-0.05, 0) is 55.0 Å². The lowest BCUT2D eigenvalue weighted by Crippen LogP contribution is -2.51. The number of carbonyl (C=O) groups is 1. The highest BCUT2D eigenvalue weighted by Crippen LogP contribution is 2.38. The zero-order chi connectivity index (χ0) is 23.1. The highest BCUT2D eigenvalue weighted by Gasteiger charge is 2.36. The van der Waals surface area contributed by atoms with Crippen LogP contribution in [0.3, 0.4) is 0 Å². The van der Waals surface area contributed by atoms with E-state index in [4.69, 9.17) is 4.74 Å². The molecule has 31 heavy (non-hydrogen) atoms. The van der Waals surface area contributed by atoms with Crippen LogP contribution >= 0.6 is 0 Å². The normalized spacial score (nSPS) is 17.5. The molecule has 0 saturated carbocycles. The van der Waals surface area contributed by atoms with Crippen LogP contribution in [0.2, 0.25) is 0 Å². The summed E-state index contributed by atoms with van der Waals surface area (Å²) in [6.07, 6.45) is 0.218. The van der Waals surface area contributed by atoms with E-state index in [-0.39, 0.29) is 23.9 Å². The maximum atomic E-state index is 13.0. The summed E-state index contributed by atoms with van der Waals surface area (Å²) in [4.78, 5) is 13.0. The van der Waals surface area contributed by atoms with Gasteiger partial charge in [0.25, 0.3) is 5.91 Å². The number of hydrogen-bond donors (Lipinski definition) is 1. The number of hydrogen-bond acceptors (Lipinski definition) is 4. The molecule has 0 saturated heterocycles. The molecule has 2 aromatic carbocycles. The summed E-state index contributed by atoms with van der Waals surface area (Å²) in [7, 11) is -3.59. The van der Waals surface area contributed by atoms with Gasteiger partial charge in [-0.25, -0.2) is 8.42 Å². The Balaban J connectivity index is 1.87. The van der Waals surface area contributed by atoms with Crippen LogP contribution in [0.1, 0.15) is 56.0 Å². The number of benzene rings is 2. The van der Waals surface area contributed by atoms with E-state index in [1.165, 1.54) is 4.31 Å². The summed E-state index contributed by atoms with van der Waals surface area (Å²) in [6.45, 7) is 12.1. The van der Waals surface area contributed by atoms with Crippen molar-refractivity contribution in [3.63, 3.8) is 0 Å². The number of anilines is 1. The van der Waals surface area contributed by atoms with Crippen molar-refractivity contribution in [2.24, 2.45) is 0 Å². The number of aryl methyl sites for hydroxylation is 2. The minimum Gasteiger partial charge on any atom is -0.476 e. The number of nitrogens with one attached hydrogen (secondary N) is 1. The highest BCUT2D eigenvalue weighted by atomic mass is 32.2. The Morgan fingerprint density at radius 3 is 2.42 bits per heavy atom. The molecule has 6 nitrogen and oxygen atoms in total. The zero-order valence-corrected chi connectivity index (χ0v) is 20.1. The minimum atomic E-state index is -3.59. The lowest BCUT2D eigenvalue weighted by atomic mass is 9.86. The van der Waals surface area contributed by atoms with Gasteiger partial charge in [-0.2, -0.15) is 0 Å². The van der Waals surface area contributed by atoms with Gasteiger partial charge in [0.15, 0.2) is 6.10 Å². The van der Waals surface area contributed by atoms with Crippen molar-refractivity contribution in [1.82, 2.24) is 5.32 Å². The van der Waals surface area contributed by atoms with Crippen molar-refractivity contribution in [3.05, 3.63) is 58.7 Å². The van der Waals surface area contributed by atoms with Gasteiger partial charge < -0.3 is 10.1 Å². The van der Waals surface area contributed by atoms with E-state index in [1.807, 2.05) is 45.0 Å². The molecule has 1 amide bonds. The molecule has 0 aliphatic carbocycles. The van der Waals surface area contributed by atoms with Gasteiger partial charge in [-0.1, -0.05) is 50.6 Å². The van der Waals surface area contributed by atoms with E-state index in [2.05, 4.69) is 32.2 Å². The van der Waals surface area contributed by atoms with Crippen LogP contribution in [0.4, 0.5) is 5.69 Å². The third-order valence-electron chi connectivity index (χ3n) is 5.64. The first-order chi connectivity index (χ1) is 14.3. The third kappa shape index (κ3) is 5.03. The largest absolute Gasteiger partial charge is 0.476 e. The fourth-order valence-corrected chi connectivity index (χ4v) is 4.77. The van der Waals surface area contributed by atoms with Crippen molar-refractivity contribution in [3.8, 4) is 5.75 Å². The van der Waals surface area contributed by atoms with Crippen molar-refractivity contribution >= 4 is 21.6 Å². The van der Waals surface area contributed by atoms with Crippen molar-refractivity contribution in [2.45, 2.75) is 59.1 Å². The van der Waals surface area contributed by atoms with E-state index in [0.717, 1.165) is 28.5 Å². The average Bonchev–Trinajstić information content (AvgIpc) is 2.64. The lowest BCUT2D eigenvalue weighted by Gasteiger charge is -2.35. The fraction of sp³-hybridized carbons (Fsp3) is 0.458. The van der Waals surface area contributed by atoms with Gasteiger partial charge in [0.05, 0.1) is 24.5 Å². The van der Waals surface area contributed by atoms with E-state index in [9.17, 15) is 13.2 Å². The van der Waals surface area contributed by atoms with Gasteiger partial charge in [0.1, 0.15) is 5.75 Å². The third-order valence-corrected chi connectivity index (χ3v) is 6.78. The van der Waals surface area contributed by atoms with Crippen molar-refractivity contribution < 1.29 is 17.9 Å². The van der Waals surface area contributed by atoms with Crippen LogP contribution in [-0.4, -0.2) is 33.2 Å². The standard InChI is InChI=1S/C24H32N2O4S/c1-15-8-10-19(16(2)12-15)17(3)25-23(27)22-14-26(31(7,28)29)20-13-18(24(4,5)6)9-11-21(20)30-22/h8-13,17,22H,14H2,1-7H3,(H,25,27)/t17-,22-/m1/s1. The minimum absolute atomic E-state index is 0.0646. The average molecular weight is 445 g/mol. The number of nitrogens with zero attached hydrogens (tertiary/aromatic N) is 1. The topological polar surface area (TPSA) is 75.7 Å². The Morgan fingerprint density at radius 2 is 1.84 bits per heavy atom. The van der Waals surface area contributed by atoms with Gasteiger partial charge >= 0.3 is 0 Å².